The van der Waals surface area contributed by atoms with Gasteiger partial charge in [0.15, 0.2) is 0 Å². The molecule has 1 amide bonds. The zero-order valence-corrected chi connectivity index (χ0v) is 15.6. The average molecular weight is 386 g/mol. The summed E-state index contributed by atoms with van der Waals surface area (Å²) in [6.07, 6.45) is 6.76. The molecule has 1 aliphatic heterocycles. The summed E-state index contributed by atoms with van der Waals surface area (Å²) in [5, 5.41) is 11.4. The number of rotatable bonds is 6. The summed E-state index contributed by atoms with van der Waals surface area (Å²) in [6.45, 7) is 2.23. The first-order valence-electron chi connectivity index (χ1n) is 9.42. The van der Waals surface area contributed by atoms with Crippen LogP contribution in [0, 0.1) is 23.2 Å². The number of aliphatic imine (C=N–C) groups is 1. The summed E-state index contributed by atoms with van der Waals surface area (Å²) in [5.41, 5.74) is 11.6. The summed E-state index contributed by atoms with van der Waals surface area (Å²) in [4.78, 5) is 21.8. The number of amides is 1. The highest BCUT2D eigenvalue weighted by Gasteiger charge is 2.36. The van der Waals surface area contributed by atoms with E-state index in [1.165, 1.54) is 24.9 Å². The Labute approximate surface area is 163 Å². The molecule has 28 heavy (non-hydrogen) atoms. The van der Waals surface area contributed by atoms with Crippen LogP contribution in [0.4, 0.5) is 10.1 Å². The number of amidine groups is 1. The van der Waals surface area contributed by atoms with Gasteiger partial charge in [-0.2, -0.15) is 9.65 Å². The van der Waals surface area contributed by atoms with Crippen molar-refractivity contribution >= 4 is 17.4 Å². The van der Waals surface area contributed by atoms with E-state index in [0.29, 0.717) is 6.04 Å². The summed E-state index contributed by atoms with van der Waals surface area (Å²) in [5.74, 6) is -1.63. The number of nitrogens with zero attached hydrogens (tertiary/aromatic N) is 4. The van der Waals surface area contributed by atoms with Gasteiger partial charge >= 0.3 is 0 Å². The molecule has 1 saturated heterocycles. The molecule has 6 N–H and O–H groups in total. The Morgan fingerprint density at radius 3 is 2.82 bits per heavy atom. The molecule has 0 bridgehead atoms. The van der Waals surface area contributed by atoms with Crippen molar-refractivity contribution in [1.29, 1.82) is 5.26 Å². The van der Waals surface area contributed by atoms with Crippen LogP contribution in [0.1, 0.15) is 25.7 Å². The van der Waals surface area contributed by atoms with Crippen LogP contribution in [0.25, 0.3) is 0 Å². The van der Waals surface area contributed by atoms with Crippen molar-refractivity contribution in [1.82, 2.24) is 9.88 Å². The fourth-order valence-electron chi connectivity index (χ4n) is 3.76. The molecule has 2 aliphatic rings. The van der Waals surface area contributed by atoms with Crippen LogP contribution in [-0.4, -0.2) is 46.8 Å². The van der Waals surface area contributed by atoms with Gasteiger partial charge in [-0.05, 0) is 38.4 Å². The molecule has 1 aromatic heterocycles. The molecule has 1 aromatic rings. The highest BCUT2D eigenvalue weighted by Crippen LogP contribution is 2.28. The highest BCUT2D eigenvalue weighted by molar-refractivity contribution is 6.19. The first-order valence-corrected chi connectivity index (χ1v) is 9.42. The van der Waals surface area contributed by atoms with Crippen molar-refractivity contribution in [2.24, 2.45) is 22.4 Å². The topological polar surface area (TPSA) is 138 Å². The third kappa shape index (κ3) is 4.71. The molecule has 2 heterocycles. The van der Waals surface area contributed by atoms with E-state index >= 15 is 0 Å². The first kappa shape index (κ1) is 19.9. The van der Waals surface area contributed by atoms with Gasteiger partial charge in [-0.3, -0.25) is 4.79 Å². The Hall–Kier alpha value is -2.83. The number of halogens is 1. The third-order valence-electron chi connectivity index (χ3n) is 5.46. The molecule has 148 valence electrons. The van der Waals surface area contributed by atoms with E-state index in [1.54, 1.807) is 0 Å². The summed E-state index contributed by atoms with van der Waals surface area (Å²) < 4.78 is 13.2. The third-order valence-corrected chi connectivity index (χ3v) is 5.46. The minimum atomic E-state index is -0.727. The zero-order chi connectivity index (χ0) is 20.1. The van der Waals surface area contributed by atoms with Gasteiger partial charge in [0.25, 0.3) is 5.91 Å². The number of hydrogen-bond donors (Lipinski definition) is 3. The second-order valence-electron chi connectivity index (χ2n) is 7.23. The van der Waals surface area contributed by atoms with E-state index in [9.17, 15) is 14.4 Å². The smallest absolute Gasteiger partial charge is 0.257 e. The molecule has 3 rings (SSSR count). The van der Waals surface area contributed by atoms with Crippen LogP contribution in [-0.2, 0) is 4.79 Å². The van der Waals surface area contributed by atoms with E-state index in [-0.39, 0.29) is 29.1 Å². The number of carbonyl (C=O) groups is 1. The Morgan fingerprint density at radius 2 is 2.21 bits per heavy atom. The van der Waals surface area contributed by atoms with E-state index in [0.717, 1.165) is 38.4 Å². The van der Waals surface area contributed by atoms with Gasteiger partial charge in [-0.1, -0.05) is 0 Å². The van der Waals surface area contributed by atoms with Crippen molar-refractivity contribution in [2.75, 3.05) is 13.1 Å². The maximum Gasteiger partial charge on any atom is 0.257 e. The maximum absolute atomic E-state index is 13.2. The van der Waals surface area contributed by atoms with Crippen LogP contribution < -0.4 is 16.8 Å². The number of primary amides is 1. The average Bonchev–Trinajstić information content (AvgIpc) is 2.61. The Kier molecular flexibility index (Phi) is 6.34. The summed E-state index contributed by atoms with van der Waals surface area (Å²) >= 11 is 0. The normalized spacial score (nSPS) is 26.4. The maximum atomic E-state index is 13.2. The highest BCUT2D eigenvalue weighted by atomic mass is 19.1. The van der Waals surface area contributed by atoms with Gasteiger partial charge in [-0.15, -0.1) is 0 Å². The number of pyridine rings is 1. The standard InChI is InChI=1S/C19H24FN7O/c20-17-9-13(4-5-24-17)26-18(22)15(19(23)28)11-25-16-3-2-14(8-12(16)10-21)27-6-1-7-27/h4-5,9,11-12,14,16,25H,1-3,6-8H2,(H2,23,28)(H2,22,24,26)/p+1/b15-11+/t12-,14+,16+/m1/s1. The Balaban J connectivity index is 1.70. The number of nitrogens with two attached hydrogens (primary N) is 3. The van der Waals surface area contributed by atoms with Crippen molar-refractivity contribution in [3.63, 3.8) is 0 Å². The predicted molar refractivity (Wildman–Crippen MR) is 101 cm³/mol. The fourth-order valence-corrected chi connectivity index (χ4v) is 3.76. The van der Waals surface area contributed by atoms with Crippen LogP contribution in [0.2, 0.25) is 0 Å². The molecular formula is C19H25FN7O+. The Bertz CT molecular complexity index is 828. The number of quaternary nitrogens is 1. The van der Waals surface area contributed by atoms with Crippen molar-refractivity contribution in [3.8, 4) is 6.07 Å². The first-order chi connectivity index (χ1) is 13.5. The van der Waals surface area contributed by atoms with Crippen molar-refractivity contribution in [2.45, 2.75) is 37.8 Å². The number of hydrogen-bond acceptors (Lipinski definition) is 5. The van der Waals surface area contributed by atoms with Gasteiger partial charge in [0.05, 0.1) is 17.7 Å². The van der Waals surface area contributed by atoms with E-state index in [1.807, 2.05) is 5.32 Å². The van der Waals surface area contributed by atoms with E-state index in [2.05, 4.69) is 20.9 Å². The molecule has 0 aromatic carbocycles. The number of likely N-dealkylation sites (tertiary alicyclic amines) is 1. The SMILES string of the molecule is N#C[C@H]1C[C@@H](N2CCC2)CC[C@@H]1[NH2+]/C=C(/C(N)=O)C(N)=Nc1ccnc(F)c1. The van der Waals surface area contributed by atoms with Gasteiger partial charge in [0.1, 0.15) is 23.7 Å². The Morgan fingerprint density at radius 1 is 1.43 bits per heavy atom. The van der Waals surface area contributed by atoms with Crippen LogP contribution >= 0.6 is 0 Å². The van der Waals surface area contributed by atoms with Gasteiger partial charge < -0.3 is 21.7 Å². The minimum Gasteiger partial charge on any atom is -0.383 e. The summed E-state index contributed by atoms with van der Waals surface area (Å²) in [6, 6.07) is 5.48. The molecule has 2 fully saturated rings. The lowest BCUT2D eigenvalue weighted by Crippen LogP contribution is -2.87. The van der Waals surface area contributed by atoms with Crippen LogP contribution in [0.5, 0.6) is 0 Å². The molecule has 9 heteroatoms. The lowest BCUT2D eigenvalue weighted by atomic mass is 9.81. The second-order valence-corrected chi connectivity index (χ2v) is 7.23. The number of nitriles is 1. The van der Waals surface area contributed by atoms with Gasteiger partial charge in [0, 0.05) is 24.7 Å². The molecule has 8 nitrogen and oxygen atoms in total. The fraction of sp³-hybridized carbons (Fsp3) is 0.474. The summed E-state index contributed by atoms with van der Waals surface area (Å²) in [7, 11) is 0. The second kappa shape index (κ2) is 8.91. The monoisotopic (exact) mass is 386 g/mol. The molecule has 0 unspecified atom stereocenters. The van der Waals surface area contributed by atoms with Crippen LogP contribution in [0.15, 0.2) is 35.1 Å². The molecule has 0 spiro atoms. The predicted octanol–water partition coefficient (Wildman–Crippen LogP) is -0.0914. The lowest BCUT2D eigenvalue weighted by molar-refractivity contribution is -0.635. The molecule has 1 aliphatic carbocycles. The number of carbonyl (C=O) groups excluding carboxylic acids is 1. The molecular weight excluding hydrogens is 361 g/mol. The zero-order valence-electron chi connectivity index (χ0n) is 15.6. The molecule has 1 saturated carbocycles. The largest absolute Gasteiger partial charge is 0.383 e. The lowest BCUT2D eigenvalue weighted by Gasteiger charge is -2.42. The quantitative estimate of drug-likeness (QED) is 0.271. The van der Waals surface area contributed by atoms with Crippen LogP contribution in [0.3, 0.4) is 0 Å². The molecule has 0 radical (unpaired) electrons. The van der Waals surface area contributed by atoms with Crippen molar-refractivity contribution < 1.29 is 14.5 Å². The van der Waals surface area contributed by atoms with Gasteiger partial charge in [0.2, 0.25) is 5.95 Å². The van der Waals surface area contributed by atoms with E-state index in [4.69, 9.17) is 11.5 Å². The van der Waals surface area contributed by atoms with E-state index < -0.39 is 11.9 Å². The molecule has 3 atom stereocenters. The number of aromatic nitrogens is 1. The van der Waals surface area contributed by atoms with Crippen molar-refractivity contribution in [3.05, 3.63) is 36.1 Å². The van der Waals surface area contributed by atoms with Gasteiger partial charge in [-0.25, -0.2) is 9.98 Å². The minimum absolute atomic E-state index is 0.0306.